The topological polar surface area (TPSA) is 72.2 Å². The number of aryl methyl sites for hydroxylation is 1. The van der Waals surface area contributed by atoms with Crippen LogP contribution in [0.25, 0.3) is 0 Å². The molecule has 5 heteroatoms. The van der Waals surface area contributed by atoms with Crippen molar-refractivity contribution in [2.24, 2.45) is 5.73 Å². The van der Waals surface area contributed by atoms with Crippen molar-refractivity contribution < 1.29 is 8.42 Å². The van der Waals surface area contributed by atoms with Gasteiger partial charge in [-0.15, -0.1) is 0 Å². The van der Waals surface area contributed by atoms with Gasteiger partial charge in [0.05, 0.1) is 4.90 Å². The molecular weight excluding hydrogens is 248 g/mol. The molecule has 0 fully saturated rings. The van der Waals surface area contributed by atoms with Crippen LogP contribution >= 0.6 is 0 Å². The molecule has 0 aliphatic rings. The monoisotopic (exact) mass is 270 g/mol. The third kappa shape index (κ3) is 3.54. The van der Waals surface area contributed by atoms with Crippen molar-refractivity contribution in [3.8, 4) is 0 Å². The zero-order valence-electron chi connectivity index (χ0n) is 11.7. The van der Waals surface area contributed by atoms with Crippen LogP contribution in [0.3, 0.4) is 0 Å². The Balaban J connectivity index is 3.36. The molecule has 0 atom stereocenters. The van der Waals surface area contributed by atoms with Gasteiger partial charge in [0.1, 0.15) is 0 Å². The number of nitrogens with two attached hydrogens (primary N) is 1. The summed E-state index contributed by atoms with van der Waals surface area (Å²) in [5.74, 6) is 0. The third-order valence-corrected chi connectivity index (χ3v) is 4.53. The quantitative estimate of drug-likeness (QED) is 0.880. The molecule has 3 N–H and O–H groups in total. The number of hydrogen-bond acceptors (Lipinski definition) is 3. The molecule has 0 radical (unpaired) electrons. The second kappa shape index (κ2) is 4.99. The summed E-state index contributed by atoms with van der Waals surface area (Å²) in [5, 5.41) is 0. The van der Waals surface area contributed by atoms with E-state index in [0.29, 0.717) is 11.4 Å². The van der Waals surface area contributed by atoms with E-state index in [2.05, 4.69) is 4.72 Å². The lowest BCUT2D eigenvalue weighted by atomic mass is 10.1. The van der Waals surface area contributed by atoms with E-state index in [9.17, 15) is 8.42 Å². The molecule has 0 saturated carbocycles. The maximum absolute atomic E-state index is 12.3. The lowest BCUT2D eigenvalue weighted by Gasteiger charge is -2.22. The second-order valence-electron chi connectivity index (χ2n) is 5.60. The standard InChI is InChI=1S/C13H22N2O2S/c1-9-6-11(8-14)7-12(10(9)2)18(16,17)15-13(3,4)5/h6-7,15H,8,14H2,1-5H3. The molecule has 0 unspecified atom stereocenters. The molecule has 0 bridgehead atoms. The molecule has 102 valence electrons. The molecule has 0 aromatic heterocycles. The molecular formula is C13H22N2O2S. The van der Waals surface area contributed by atoms with E-state index in [1.807, 2.05) is 40.7 Å². The Labute approximate surface area is 110 Å². The average Bonchev–Trinajstić information content (AvgIpc) is 2.17. The van der Waals surface area contributed by atoms with Gasteiger partial charge in [0.2, 0.25) is 10.0 Å². The van der Waals surface area contributed by atoms with Gasteiger partial charge in [0, 0.05) is 12.1 Å². The van der Waals surface area contributed by atoms with E-state index in [1.54, 1.807) is 6.07 Å². The van der Waals surface area contributed by atoms with E-state index in [1.165, 1.54) is 0 Å². The van der Waals surface area contributed by atoms with E-state index >= 15 is 0 Å². The van der Waals surface area contributed by atoms with Crippen LogP contribution in [0, 0.1) is 13.8 Å². The van der Waals surface area contributed by atoms with Crippen molar-refractivity contribution in [2.75, 3.05) is 0 Å². The Morgan fingerprint density at radius 2 is 1.78 bits per heavy atom. The van der Waals surface area contributed by atoms with Crippen LogP contribution in [0.15, 0.2) is 17.0 Å². The number of sulfonamides is 1. The zero-order chi connectivity index (χ0) is 14.1. The minimum absolute atomic E-state index is 0.317. The highest BCUT2D eigenvalue weighted by atomic mass is 32.2. The minimum Gasteiger partial charge on any atom is -0.326 e. The molecule has 0 spiro atoms. The summed E-state index contributed by atoms with van der Waals surface area (Å²) in [4.78, 5) is 0.317. The molecule has 0 heterocycles. The van der Waals surface area contributed by atoms with Crippen molar-refractivity contribution in [3.05, 3.63) is 28.8 Å². The van der Waals surface area contributed by atoms with E-state index in [0.717, 1.165) is 16.7 Å². The minimum atomic E-state index is -3.51. The Hall–Kier alpha value is -0.910. The maximum Gasteiger partial charge on any atom is 0.241 e. The van der Waals surface area contributed by atoms with Crippen LogP contribution < -0.4 is 10.5 Å². The van der Waals surface area contributed by atoms with Crippen molar-refractivity contribution in [1.29, 1.82) is 0 Å². The first-order valence-corrected chi connectivity index (χ1v) is 7.39. The fourth-order valence-electron chi connectivity index (χ4n) is 1.75. The second-order valence-corrected chi connectivity index (χ2v) is 7.25. The lowest BCUT2D eigenvalue weighted by molar-refractivity contribution is 0.491. The summed E-state index contributed by atoms with van der Waals surface area (Å²) in [7, 11) is -3.51. The number of hydrogen-bond donors (Lipinski definition) is 2. The van der Waals surface area contributed by atoms with Crippen LogP contribution in [-0.4, -0.2) is 14.0 Å². The predicted molar refractivity (Wildman–Crippen MR) is 73.9 cm³/mol. The molecule has 0 aliphatic heterocycles. The first-order valence-electron chi connectivity index (χ1n) is 5.91. The van der Waals surface area contributed by atoms with Gasteiger partial charge in [-0.2, -0.15) is 0 Å². The van der Waals surface area contributed by atoms with Crippen LogP contribution in [0.4, 0.5) is 0 Å². The molecule has 1 rings (SSSR count). The van der Waals surface area contributed by atoms with Crippen molar-refractivity contribution >= 4 is 10.0 Å². The van der Waals surface area contributed by atoms with Crippen molar-refractivity contribution in [1.82, 2.24) is 4.72 Å². The van der Waals surface area contributed by atoms with Crippen LogP contribution in [0.2, 0.25) is 0 Å². The normalized spacial score (nSPS) is 12.8. The van der Waals surface area contributed by atoms with Crippen LogP contribution in [0.1, 0.15) is 37.5 Å². The first-order chi connectivity index (χ1) is 8.07. The Morgan fingerprint density at radius 1 is 1.22 bits per heavy atom. The summed E-state index contributed by atoms with van der Waals surface area (Å²) < 4.78 is 27.3. The third-order valence-electron chi connectivity index (χ3n) is 2.65. The summed E-state index contributed by atoms with van der Waals surface area (Å²) >= 11 is 0. The Morgan fingerprint density at radius 3 is 2.22 bits per heavy atom. The zero-order valence-corrected chi connectivity index (χ0v) is 12.5. The summed E-state index contributed by atoms with van der Waals surface area (Å²) in [6.07, 6.45) is 0. The van der Waals surface area contributed by atoms with Gasteiger partial charge < -0.3 is 5.73 Å². The molecule has 1 aromatic rings. The van der Waals surface area contributed by atoms with Gasteiger partial charge in [0.25, 0.3) is 0 Å². The predicted octanol–water partition coefficient (Wildman–Crippen LogP) is 1.84. The molecule has 18 heavy (non-hydrogen) atoms. The van der Waals surface area contributed by atoms with Crippen LogP contribution in [0.5, 0.6) is 0 Å². The fraction of sp³-hybridized carbons (Fsp3) is 0.538. The van der Waals surface area contributed by atoms with Crippen LogP contribution in [-0.2, 0) is 16.6 Å². The van der Waals surface area contributed by atoms with Gasteiger partial charge in [0.15, 0.2) is 0 Å². The molecule has 0 amide bonds. The van der Waals surface area contributed by atoms with Gasteiger partial charge in [-0.1, -0.05) is 6.07 Å². The Bertz CT molecular complexity index is 543. The maximum atomic E-state index is 12.3. The first kappa shape index (κ1) is 15.1. The average molecular weight is 270 g/mol. The number of rotatable bonds is 3. The fourth-order valence-corrected chi connectivity index (χ4v) is 3.54. The van der Waals surface area contributed by atoms with Crippen molar-refractivity contribution in [2.45, 2.75) is 51.6 Å². The molecule has 4 nitrogen and oxygen atoms in total. The Kier molecular flexibility index (Phi) is 4.20. The SMILES string of the molecule is Cc1cc(CN)cc(S(=O)(=O)NC(C)(C)C)c1C. The largest absolute Gasteiger partial charge is 0.326 e. The lowest BCUT2D eigenvalue weighted by Crippen LogP contribution is -2.40. The number of nitrogens with one attached hydrogen (secondary N) is 1. The van der Waals surface area contributed by atoms with E-state index in [-0.39, 0.29) is 0 Å². The van der Waals surface area contributed by atoms with Gasteiger partial charge in [-0.3, -0.25) is 0 Å². The van der Waals surface area contributed by atoms with Crippen molar-refractivity contribution in [3.63, 3.8) is 0 Å². The van der Waals surface area contributed by atoms with Gasteiger partial charge >= 0.3 is 0 Å². The molecule has 0 saturated heterocycles. The highest BCUT2D eigenvalue weighted by molar-refractivity contribution is 7.89. The van der Waals surface area contributed by atoms with E-state index < -0.39 is 15.6 Å². The molecule has 0 aliphatic carbocycles. The summed E-state index contributed by atoms with van der Waals surface area (Å²) in [6, 6.07) is 3.57. The summed E-state index contributed by atoms with van der Waals surface area (Å²) in [5.41, 5.74) is 7.62. The summed E-state index contributed by atoms with van der Waals surface area (Å²) in [6.45, 7) is 9.50. The smallest absolute Gasteiger partial charge is 0.241 e. The van der Waals surface area contributed by atoms with Gasteiger partial charge in [-0.05, 0) is 57.4 Å². The molecule has 1 aromatic carbocycles. The highest BCUT2D eigenvalue weighted by Gasteiger charge is 2.24. The van der Waals surface area contributed by atoms with Gasteiger partial charge in [-0.25, -0.2) is 13.1 Å². The highest BCUT2D eigenvalue weighted by Crippen LogP contribution is 2.22. The number of benzene rings is 1. The van der Waals surface area contributed by atoms with E-state index in [4.69, 9.17) is 5.73 Å².